The normalized spacial score (nSPS) is 11.9. The summed E-state index contributed by atoms with van der Waals surface area (Å²) in [4.78, 5) is 38.1. The van der Waals surface area contributed by atoms with Crippen LogP contribution in [0.2, 0.25) is 0 Å². The minimum Gasteiger partial charge on any atom is -0.462 e. The van der Waals surface area contributed by atoms with Gasteiger partial charge < -0.3 is 14.2 Å². The predicted octanol–water partition coefficient (Wildman–Crippen LogP) is 22.7. The lowest BCUT2D eigenvalue weighted by Crippen LogP contribution is -2.30. The third-order valence-corrected chi connectivity index (χ3v) is 15.6. The first-order valence-corrected chi connectivity index (χ1v) is 33.5. The molecule has 0 aromatic heterocycles. The molecule has 0 aliphatic carbocycles. The van der Waals surface area contributed by atoms with Crippen LogP contribution in [0.1, 0.15) is 393 Å². The van der Waals surface area contributed by atoms with Crippen LogP contribution in [0.5, 0.6) is 0 Å². The van der Waals surface area contributed by atoms with E-state index in [9.17, 15) is 14.4 Å². The van der Waals surface area contributed by atoms with Crippen LogP contribution in [0, 0.1) is 0 Å². The summed E-state index contributed by atoms with van der Waals surface area (Å²) < 4.78 is 16.9. The van der Waals surface area contributed by atoms with Gasteiger partial charge in [-0.2, -0.15) is 0 Å². The average molecular weight is 1030 g/mol. The van der Waals surface area contributed by atoms with Crippen molar-refractivity contribution in [3.63, 3.8) is 0 Å². The molecule has 434 valence electrons. The van der Waals surface area contributed by atoms with Crippen molar-refractivity contribution in [3.8, 4) is 0 Å². The molecule has 0 saturated carbocycles. The zero-order chi connectivity index (χ0) is 52.9. The molecule has 6 nitrogen and oxygen atoms in total. The van der Waals surface area contributed by atoms with E-state index in [1.165, 1.54) is 295 Å². The summed E-state index contributed by atoms with van der Waals surface area (Å²) in [5.74, 6) is -0.833. The molecule has 0 radical (unpaired) electrons. The van der Waals surface area contributed by atoms with E-state index >= 15 is 0 Å². The van der Waals surface area contributed by atoms with Gasteiger partial charge in [-0.25, -0.2) is 0 Å². The van der Waals surface area contributed by atoms with Crippen LogP contribution in [0.4, 0.5) is 0 Å². The molecule has 1 atom stereocenters. The van der Waals surface area contributed by atoms with Crippen molar-refractivity contribution in [2.75, 3.05) is 13.2 Å². The summed E-state index contributed by atoms with van der Waals surface area (Å²) in [6.07, 6.45) is 73.0. The van der Waals surface area contributed by atoms with Crippen LogP contribution >= 0.6 is 0 Å². The quantitative estimate of drug-likeness (QED) is 0.0343. The molecule has 6 heteroatoms. The van der Waals surface area contributed by atoms with Crippen molar-refractivity contribution in [2.24, 2.45) is 0 Å². The van der Waals surface area contributed by atoms with Crippen LogP contribution in [-0.4, -0.2) is 37.2 Å². The van der Waals surface area contributed by atoms with Crippen molar-refractivity contribution < 1.29 is 28.6 Å². The molecular weight excluding hydrogens is 901 g/mol. The molecular formula is C67H130O6. The van der Waals surface area contributed by atoms with Gasteiger partial charge in [0.1, 0.15) is 13.2 Å². The maximum atomic E-state index is 12.9. The number of unbranched alkanes of at least 4 members (excludes halogenated alkanes) is 52. The van der Waals surface area contributed by atoms with E-state index in [0.29, 0.717) is 19.3 Å². The maximum absolute atomic E-state index is 12.9. The molecule has 0 fully saturated rings. The van der Waals surface area contributed by atoms with Crippen LogP contribution in [-0.2, 0) is 28.6 Å². The van der Waals surface area contributed by atoms with E-state index in [1.807, 2.05) is 0 Å². The SMILES string of the molecule is CCCCCCCCCCCCCCCCCCCCCCCCCCCCCCCC(=O)OCC(COC(=O)CCCCCCCCCC)OC(=O)CCCCCCCCCCCCCCCCCCCC. The van der Waals surface area contributed by atoms with Gasteiger partial charge in [0.2, 0.25) is 0 Å². The Labute approximate surface area is 457 Å². The highest BCUT2D eigenvalue weighted by molar-refractivity contribution is 5.71. The fourth-order valence-corrected chi connectivity index (χ4v) is 10.6. The number of hydrogen-bond donors (Lipinski definition) is 0. The Kier molecular flexibility index (Phi) is 61.6. The van der Waals surface area contributed by atoms with Crippen molar-refractivity contribution >= 4 is 17.9 Å². The molecule has 0 N–H and O–H groups in total. The van der Waals surface area contributed by atoms with Crippen molar-refractivity contribution in [1.82, 2.24) is 0 Å². The third-order valence-electron chi connectivity index (χ3n) is 15.6. The van der Waals surface area contributed by atoms with E-state index in [2.05, 4.69) is 20.8 Å². The Morgan fingerprint density at radius 1 is 0.219 bits per heavy atom. The van der Waals surface area contributed by atoms with E-state index in [1.54, 1.807) is 0 Å². The number of carbonyl (C=O) groups excluding carboxylic acids is 3. The van der Waals surface area contributed by atoms with Gasteiger partial charge >= 0.3 is 17.9 Å². The Morgan fingerprint density at radius 2 is 0.370 bits per heavy atom. The monoisotopic (exact) mass is 1030 g/mol. The molecule has 0 aromatic carbocycles. The molecule has 73 heavy (non-hydrogen) atoms. The Balaban J connectivity index is 4.01. The summed E-state index contributed by atoms with van der Waals surface area (Å²) in [6.45, 7) is 6.70. The molecule has 0 aromatic rings. The van der Waals surface area contributed by atoms with Gasteiger partial charge in [0.15, 0.2) is 6.10 Å². The van der Waals surface area contributed by atoms with Gasteiger partial charge in [0.25, 0.3) is 0 Å². The largest absolute Gasteiger partial charge is 0.462 e. The lowest BCUT2D eigenvalue weighted by Gasteiger charge is -2.18. The van der Waals surface area contributed by atoms with Gasteiger partial charge in [-0.15, -0.1) is 0 Å². The number of carbonyl (C=O) groups is 3. The van der Waals surface area contributed by atoms with Gasteiger partial charge in [0.05, 0.1) is 0 Å². The summed E-state index contributed by atoms with van der Waals surface area (Å²) in [5, 5.41) is 0. The highest BCUT2D eigenvalue weighted by Gasteiger charge is 2.19. The lowest BCUT2D eigenvalue weighted by molar-refractivity contribution is -0.167. The maximum Gasteiger partial charge on any atom is 0.306 e. The van der Waals surface area contributed by atoms with Crippen LogP contribution in [0.25, 0.3) is 0 Å². The standard InChI is InChI=1S/C67H130O6/c1-4-7-10-13-16-19-21-23-25-27-29-30-31-32-33-34-35-36-37-38-39-41-42-44-46-48-51-54-57-60-66(69)72-63-64(62-71-65(68)59-56-53-50-18-15-12-9-6-3)73-67(70)61-58-55-52-49-47-45-43-40-28-26-24-22-20-17-14-11-8-5-2/h64H,4-63H2,1-3H3. The van der Waals surface area contributed by atoms with Crippen molar-refractivity contribution in [3.05, 3.63) is 0 Å². The zero-order valence-corrected chi connectivity index (χ0v) is 50.0. The van der Waals surface area contributed by atoms with Crippen LogP contribution in [0.3, 0.4) is 0 Å². The van der Waals surface area contributed by atoms with Crippen LogP contribution in [0.15, 0.2) is 0 Å². The minimum absolute atomic E-state index is 0.0612. The van der Waals surface area contributed by atoms with E-state index in [0.717, 1.165) is 57.8 Å². The molecule has 1 unspecified atom stereocenters. The second kappa shape index (κ2) is 62.9. The molecule has 0 aliphatic heterocycles. The van der Waals surface area contributed by atoms with Crippen molar-refractivity contribution in [2.45, 2.75) is 399 Å². The third kappa shape index (κ3) is 61.1. The number of ether oxygens (including phenoxy) is 3. The number of hydrogen-bond acceptors (Lipinski definition) is 6. The molecule has 0 spiro atoms. The van der Waals surface area contributed by atoms with E-state index in [-0.39, 0.29) is 31.1 Å². The summed E-state index contributed by atoms with van der Waals surface area (Å²) in [5.41, 5.74) is 0. The molecule has 0 amide bonds. The Hall–Kier alpha value is -1.59. The number of rotatable bonds is 63. The smallest absolute Gasteiger partial charge is 0.306 e. The highest BCUT2D eigenvalue weighted by atomic mass is 16.6. The first-order valence-electron chi connectivity index (χ1n) is 33.5. The minimum atomic E-state index is -0.761. The van der Waals surface area contributed by atoms with E-state index < -0.39 is 6.10 Å². The van der Waals surface area contributed by atoms with Crippen molar-refractivity contribution in [1.29, 1.82) is 0 Å². The Morgan fingerprint density at radius 3 is 0.548 bits per heavy atom. The molecule has 0 rings (SSSR count). The van der Waals surface area contributed by atoms with E-state index in [4.69, 9.17) is 14.2 Å². The van der Waals surface area contributed by atoms with Crippen LogP contribution < -0.4 is 0 Å². The first-order chi connectivity index (χ1) is 36.0. The molecule has 0 heterocycles. The summed E-state index contributed by atoms with van der Waals surface area (Å²) >= 11 is 0. The molecule has 0 bridgehead atoms. The topological polar surface area (TPSA) is 78.9 Å². The predicted molar refractivity (Wildman–Crippen MR) is 317 cm³/mol. The second-order valence-corrected chi connectivity index (χ2v) is 23.1. The van der Waals surface area contributed by atoms with Gasteiger partial charge in [-0.05, 0) is 19.3 Å². The fourth-order valence-electron chi connectivity index (χ4n) is 10.6. The zero-order valence-electron chi connectivity index (χ0n) is 50.0. The fraction of sp³-hybridized carbons (Fsp3) is 0.955. The number of esters is 3. The second-order valence-electron chi connectivity index (χ2n) is 23.1. The molecule has 0 aliphatic rings. The summed E-state index contributed by atoms with van der Waals surface area (Å²) in [6, 6.07) is 0. The average Bonchev–Trinajstić information content (AvgIpc) is 3.39. The summed E-state index contributed by atoms with van der Waals surface area (Å²) in [7, 11) is 0. The van der Waals surface area contributed by atoms with Gasteiger partial charge in [-0.3, -0.25) is 14.4 Å². The Bertz CT molecular complexity index is 1090. The van der Waals surface area contributed by atoms with Gasteiger partial charge in [0, 0.05) is 19.3 Å². The first kappa shape index (κ1) is 71.4. The van der Waals surface area contributed by atoms with Gasteiger partial charge in [-0.1, -0.05) is 355 Å². The molecule has 0 saturated heterocycles. The highest BCUT2D eigenvalue weighted by Crippen LogP contribution is 2.19. The lowest BCUT2D eigenvalue weighted by atomic mass is 10.0.